The third-order valence-corrected chi connectivity index (χ3v) is 5.31. The number of aryl methyl sites for hydroxylation is 1. The second-order valence-electron chi connectivity index (χ2n) is 7.18. The summed E-state index contributed by atoms with van der Waals surface area (Å²) in [6, 6.07) is 0.618. The molecule has 2 heterocycles. The first-order chi connectivity index (χ1) is 11.5. The van der Waals surface area contributed by atoms with Crippen LogP contribution in [0.1, 0.15) is 43.8 Å². The van der Waals surface area contributed by atoms with E-state index in [-0.39, 0.29) is 0 Å². The van der Waals surface area contributed by atoms with E-state index < -0.39 is 0 Å². The Kier molecular flexibility index (Phi) is 7.49. The van der Waals surface area contributed by atoms with E-state index in [9.17, 15) is 0 Å². The molecule has 6 heteroatoms. The van der Waals surface area contributed by atoms with E-state index in [0.29, 0.717) is 6.04 Å². The largest absolute Gasteiger partial charge is 0.355 e. The van der Waals surface area contributed by atoms with Crippen molar-refractivity contribution < 1.29 is 0 Å². The highest BCUT2D eigenvalue weighted by Crippen LogP contribution is 2.18. The Morgan fingerprint density at radius 1 is 1.50 bits per heavy atom. The van der Waals surface area contributed by atoms with Crippen molar-refractivity contribution in [2.75, 3.05) is 33.7 Å². The van der Waals surface area contributed by atoms with Gasteiger partial charge in [-0.15, -0.1) is 11.3 Å². The van der Waals surface area contributed by atoms with Crippen molar-refractivity contribution in [1.82, 2.24) is 20.1 Å². The molecule has 0 aromatic carbocycles. The number of nitrogens with one attached hydrogen (secondary N) is 1. The van der Waals surface area contributed by atoms with Gasteiger partial charge in [0.25, 0.3) is 0 Å². The Balaban J connectivity index is 1.87. The number of piperidine rings is 1. The second kappa shape index (κ2) is 9.37. The van der Waals surface area contributed by atoms with Gasteiger partial charge in [0.05, 0.1) is 17.2 Å². The molecule has 1 aromatic heterocycles. The van der Waals surface area contributed by atoms with Crippen LogP contribution in [0.3, 0.4) is 0 Å². The molecule has 1 saturated heterocycles. The standard InChI is InChI=1S/C18H33N5S/c1-14(2)11-23-9-7-6-8-17(23)10-20-18(19-4)22(5)12-16-13-24-15(3)21-16/h13-14,17H,6-12H2,1-5H3,(H,19,20). The van der Waals surface area contributed by atoms with Gasteiger partial charge >= 0.3 is 0 Å². The molecule has 136 valence electrons. The number of likely N-dealkylation sites (tertiary alicyclic amines) is 1. The monoisotopic (exact) mass is 351 g/mol. The molecule has 1 atom stereocenters. The fraction of sp³-hybridized carbons (Fsp3) is 0.778. The molecular weight excluding hydrogens is 318 g/mol. The fourth-order valence-corrected chi connectivity index (χ4v) is 4.00. The molecule has 1 aliphatic rings. The molecule has 1 fully saturated rings. The van der Waals surface area contributed by atoms with Crippen LogP contribution in [0.15, 0.2) is 10.4 Å². The zero-order chi connectivity index (χ0) is 17.5. The molecule has 0 radical (unpaired) electrons. The maximum atomic E-state index is 4.55. The van der Waals surface area contributed by atoms with Gasteiger partial charge in [0.1, 0.15) is 0 Å². The number of aromatic nitrogens is 1. The molecule has 1 unspecified atom stereocenters. The Morgan fingerprint density at radius 3 is 2.92 bits per heavy atom. The summed E-state index contributed by atoms with van der Waals surface area (Å²) in [6.45, 7) is 10.9. The molecule has 0 bridgehead atoms. The zero-order valence-electron chi connectivity index (χ0n) is 15.9. The average molecular weight is 352 g/mol. The Hall–Kier alpha value is -1.14. The summed E-state index contributed by atoms with van der Waals surface area (Å²) in [7, 11) is 3.94. The predicted molar refractivity (Wildman–Crippen MR) is 104 cm³/mol. The van der Waals surface area contributed by atoms with Crippen molar-refractivity contribution in [1.29, 1.82) is 0 Å². The Morgan fingerprint density at radius 2 is 2.29 bits per heavy atom. The normalized spacial score (nSPS) is 19.8. The van der Waals surface area contributed by atoms with E-state index in [1.165, 1.54) is 32.4 Å². The van der Waals surface area contributed by atoms with Gasteiger partial charge < -0.3 is 10.2 Å². The molecule has 0 saturated carbocycles. The average Bonchev–Trinajstić information content (AvgIpc) is 2.94. The van der Waals surface area contributed by atoms with Crippen molar-refractivity contribution in [2.24, 2.45) is 10.9 Å². The Labute approximate surface area is 151 Å². The predicted octanol–water partition coefficient (Wildman–Crippen LogP) is 2.97. The zero-order valence-corrected chi connectivity index (χ0v) is 16.7. The smallest absolute Gasteiger partial charge is 0.193 e. The van der Waals surface area contributed by atoms with Gasteiger partial charge in [0.2, 0.25) is 0 Å². The topological polar surface area (TPSA) is 43.8 Å². The third-order valence-electron chi connectivity index (χ3n) is 4.48. The van der Waals surface area contributed by atoms with Crippen LogP contribution < -0.4 is 5.32 Å². The van der Waals surface area contributed by atoms with Crippen LogP contribution in [0.4, 0.5) is 0 Å². The van der Waals surface area contributed by atoms with E-state index in [4.69, 9.17) is 0 Å². The van der Waals surface area contributed by atoms with E-state index in [1.807, 2.05) is 14.0 Å². The van der Waals surface area contributed by atoms with Crippen LogP contribution in [0.5, 0.6) is 0 Å². The number of hydrogen-bond donors (Lipinski definition) is 1. The molecule has 1 aromatic rings. The number of rotatable bonds is 6. The summed E-state index contributed by atoms with van der Waals surface area (Å²) in [4.78, 5) is 13.8. The number of hydrogen-bond acceptors (Lipinski definition) is 4. The van der Waals surface area contributed by atoms with Crippen LogP contribution in [-0.4, -0.2) is 60.5 Å². The lowest BCUT2D eigenvalue weighted by Gasteiger charge is -2.37. The van der Waals surface area contributed by atoms with Crippen LogP contribution in [0.2, 0.25) is 0 Å². The van der Waals surface area contributed by atoms with Crippen molar-refractivity contribution in [3.63, 3.8) is 0 Å². The number of aliphatic imine (C=N–C) groups is 1. The molecule has 5 nitrogen and oxygen atoms in total. The molecule has 0 amide bonds. The summed E-state index contributed by atoms with van der Waals surface area (Å²) in [5.41, 5.74) is 1.11. The van der Waals surface area contributed by atoms with Crippen molar-refractivity contribution in [3.8, 4) is 0 Å². The summed E-state index contributed by atoms with van der Waals surface area (Å²) >= 11 is 1.70. The minimum atomic E-state index is 0.618. The lowest BCUT2D eigenvalue weighted by atomic mass is 10.0. The van der Waals surface area contributed by atoms with Gasteiger partial charge in [-0.2, -0.15) is 0 Å². The summed E-state index contributed by atoms with van der Waals surface area (Å²) in [5, 5.41) is 6.83. The van der Waals surface area contributed by atoms with Gasteiger partial charge in [0.15, 0.2) is 5.96 Å². The van der Waals surface area contributed by atoms with Gasteiger partial charge in [-0.05, 0) is 32.2 Å². The van der Waals surface area contributed by atoms with Crippen LogP contribution >= 0.6 is 11.3 Å². The minimum absolute atomic E-state index is 0.618. The third kappa shape index (κ3) is 5.74. The number of nitrogens with zero attached hydrogens (tertiary/aromatic N) is 4. The van der Waals surface area contributed by atoms with Crippen molar-refractivity contribution in [2.45, 2.75) is 52.6 Å². The first kappa shape index (κ1) is 19.2. The first-order valence-electron chi connectivity index (χ1n) is 9.06. The molecule has 0 spiro atoms. The SMILES string of the molecule is CN=C(NCC1CCCCN1CC(C)C)N(C)Cc1csc(C)n1. The summed E-state index contributed by atoms with van der Waals surface area (Å²) in [5.74, 6) is 1.68. The lowest BCUT2D eigenvalue weighted by molar-refractivity contribution is 0.133. The van der Waals surface area contributed by atoms with E-state index in [1.54, 1.807) is 11.3 Å². The maximum absolute atomic E-state index is 4.55. The van der Waals surface area contributed by atoms with Crippen LogP contribution in [0.25, 0.3) is 0 Å². The molecule has 1 aliphatic heterocycles. The number of guanidine groups is 1. The van der Waals surface area contributed by atoms with Crippen molar-refractivity contribution >= 4 is 17.3 Å². The first-order valence-corrected chi connectivity index (χ1v) is 9.94. The quantitative estimate of drug-likeness (QED) is 0.632. The van der Waals surface area contributed by atoms with E-state index >= 15 is 0 Å². The van der Waals surface area contributed by atoms with Gasteiger partial charge in [-0.1, -0.05) is 20.3 Å². The van der Waals surface area contributed by atoms with Crippen molar-refractivity contribution in [3.05, 3.63) is 16.1 Å². The highest BCUT2D eigenvalue weighted by Gasteiger charge is 2.23. The van der Waals surface area contributed by atoms with E-state index in [2.05, 4.69) is 51.4 Å². The Bertz CT molecular complexity index is 525. The van der Waals surface area contributed by atoms with Gasteiger partial charge in [-0.25, -0.2) is 4.98 Å². The molecule has 24 heavy (non-hydrogen) atoms. The summed E-state index contributed by atoms with van der Waals surface area (Å²) < 4.78 is 0. The fourth-order valence-electron chi connectivity index (χ4n) is 3.39. The van der Waals surface area contributed by atoms with Gasteiger partial charge in [0, 0.05) is 38.6 Å². The molecule has 2 rings (SSSR count). The van der Waals surface area contributed by atoms with Crippen LogP contribution in [0, 0.1) is 12.8 Å². The number of thiazole rings is 1. The second-order valence-corrected chi connectivity index (χ2v) is 8.24. The lowest BCUT2D eigenvalue weighted by Crippen LogP contribution is -2.50. The molecule has 0 aliphatic carbocycles. The summed E-state index contributed by atoms with van der Waals surface area (Å²) in [6.07, 6.45) is 3.96. The molecular formula is C18H33N5S. The minimum Gasteiger partial charge on any atom is -0.355 e. The highest BCUT2D eigenvalue weighted by molar-refractivity contribution is 7.09. The molecule has 1 N–H and O–H groups in total. The van der Waals surface area contributed by atoms with Crippen LogP contribution in [-0.2, 0) is 6.54 Å². The highest BCUT2D eigenvalue weighted by atomic mass is 32.1. The van der Waals surface area contributed by atoms with Gasteiger partial charge in [-0.3, -0.25) is 9.89 Å². The maximum Gasteiger partial charge on any atom is 0.193 e. The van der Waals surface area contributed by atoms with E-state index in [0.717, 1.165) is 35.7 Å².